The lowest BCUT2D eigenvalue weighted by atomic mass is 10.3. The standard InChI is InChI=1S/C10H17N3O3/c1-8(10(14)16-3)12-9-6-11-13(7-9)4-5-15-2/h6-8,12H,4-5H2,1-3H3. The Hall–Kier alpha value is -1.56. The van der Waals surface area contributed by atoms with Gasteiger partial charge in [0.1, 0.15) is 6.04 Å². The lowest BCUT2D eigenvalue weighted by Crippen LogP contribution is -2.26. The van der Waals surface area contributed by atoms with Gasteiger partial charge < -0.3 is 14.8 Å². The number of hydrogen-bond acceptors (Lipinski definition) is 5. The topological polar surface area (TPSA) is 65.4 Å². The fraction of sp³-hybridized carbons (Fsp3) is 0.600. The lowest BCUT2D eigenvalue weighted by Gasteiger charge is -2.10. The van der Waals surface area contributed by atoms with Crippen molar-refractivity contribution < 1.29 is 14.3 Å². The zero-order valence-corrected chi connectivity index (χ0v) is 9.77. The number of nitrogens with one attached hydrogen (secondary N) is 1. The maximum Gasteiger partial charge on any atom is 0.327 e. The van der Waals surface area contributed by atoms with Gasteiger partial charge in [-0.25, -0.2) is 4.79 Å². The third-order valence-corrected chi connectivity index (χ3v) is 2.10. The first-order valence-corrected chi connectivity index (χ1v) is 5.03. The van der Waals surface area contributed by atoms with Gasteiger partial charge in [0.15, 0.2) is 0 Å². The van der Waals surface area contributed by atoms with Crippen LogP contribution in [0.4, 0.5) is 5.69 Å². The van der Waals surface area contributed by atoms with Crippen LogP contribution in [0.15, 0.2) is 12.4 Å². The number of ether oxygens (including phenoxy) is 2. The van der Waals surface area contributed by atoms with E-state index >= 15 is 0 Å². The van der Waals surface area contributed by atoms with Crippen molar-refractivity contribution >= 4 is 11.7 Å². The van der Waals surface area contributed by atoms with E-state index in [1.54, 1.807) is 24.9 Å². The molecule has 16 heavy (non-hydrogen) atoms. The maximum atomic E-state index is 11.2. The summed E-state index contributed by atoms with van der Waals surface area (Å²) in [4.78, 5) is 11.2. The van der Waals surface area contributed by atoms with Gasteiger partial charge in [0.25, 0.3) is 0 Å². The Balaban J connectivity index is 2.48. The van der Waals surface area contributed by atoms with Crippen molar-refractivity contribution in [2.75, 3.05) is 26.1 Å². The fourth-order valence-electron chi connectivity index (χ4n) is 1.23. The van der Waals surface area contributed by atoms with Crippen LogP contribution in [-0.2, 0) is 20.8 Å². The zero-order valence-electron chi connectivity index (χ0n) is 9.77. The van der Waals surface area contributed by atoms with Crippen molar-refractivity contribution in [3.8, 4) is 0 Å². The molecule has 0 spiro atoms. The molecule has 1 unspecified atom stereocenters. The number of anilines is 1. The highest BCUT2D eigenvalue weighted by atomic mass is 16.5. The highest BCUT2D eigenvalue weighted by Crippen LogP contribution is 2.07. The average molecular weight is 227 g/mol. The van der Waals surface area contributed by atoms with Crippen LogP contribution < -0.4 is 5.32 Å². The molecule has 1 aromatic rings. The second kappa shape index (κ2) is 6.12. The maximum absolute atomic E-state index is 11.2. The van der Waals surface area contributed by atoms with E-state index < -0.39 is 0 Å². The highest BCUT2D eigenvalue weighted by molar-refractivity contribution is 5.78. The van der Waals surface area contributed by atoms with Gasteiger partial charge in [-0.15, -0.1) is 0 Å². The molecule has 0 bridgehead atoms. The predicted octanol–water partition coefficient (Wildman–Crippen LogP) is 0.503. The summed E-state index contributed by atoms with van der Waals surface area (Å²) in [5.74, 6) is -0.301. The Bertz CT molecular complexity index is 338. The predicted molar refractivity (Wildman–Crippen MR) is 59.2 cm³/mol. The minimum Gasteiger partial charge on any atom is -0.467 e. The average Bonchev–Trinajstić information content (AvgIpc) is 2.72. The highest BCUT2D eigenvalue weighted by Gasteiger charge is 2.12. The van der Waals surface area contributed by atoms with Crippen molar-refractivity contribution in [1.29, 1.82) is 0 Å². The van der Waals surface area contributed by atoms with E-state index in [0.29, 0.717) is 13.2 Å². The fourth-order valence-corrected chi connectivity index (χ4v) is 1.23. The van der Waals surface area contributed by atoms with Crippen LogP contribution in [0, 0.1) is 0 Å². The number of aromatic nitrogens is 2. The molecule has 1 aromatic heterocycles. The van der Waals surface area contributed by atoms with E-state index in [1.807, 2.05) is 6.20 Å². The number of rotatable bonds is 6. The largest absolute Gasteiger partial charge is 0.467 e. The van der Waals surface area contributed by atoms with E-state index in [9.17, 15) is 4.79 Å². The first kappa shape index (κ1) is 12.5. The van der Waals surface area contributed by atoms with Crippen molar-refractivity contribution in [2.45, 2.75) is 19.5 Å². The minimum atomic E-state index is -0.384. The molecule has 0 saturated carbocycles. The van der Waals surface area contributed by atoms with Gasteiger partial charge in [-0.05, 0) is 6.92 Å². The number of methoxy groups -OCH3 is 2. The molecule has 6 nitrogen and oxygen atoms in total. The van der Waals surface area contributed by atoms with Gasteiger partial charge in [0, 0.05) is 13.3 Å². The molecule has 0 aromatic carbocycles. The molecule has 0 aliphatic rings. The molecular weight excluding hydrogens is 210 g/mol. The Labute approximate surface area is 94.5 Å². The summed E-state index contributed by atoms with van der Waals surface area (Å²) in [5, 5.41) is 7.10. The number of hydrogen-bond donors (Lipinski definition) is 1. The second-order valence-electron chi connectivity index (χ2n) is 3.37. The van der Waals surface area contributed by atoms with Crippen LogP contribution in [0.1, 0.15) is 6.92 Å². The molecule has 0 aliphatic heterocycles. The van der Waals surface area contributed by atoms with Crippen molar-refractivity contribution in [2.24, 2.45) is 0 Å². The first-order chi connectivity index (χ1) is 7.67. The molecule has 1 rings (SSSR count). The van der Waals surface area contributed by atoms with E-state index in [0.717, 1.165) is 5.69 Å². The van der Waals surface area contributed by atoms with Crippen molar-refractivity contribution in [1.82, 2.24) is 9.78 Å². The van der Waals surface area contributed by atoms with E-state index in [2.05, 4.69) is 15.2 Å². The molecule has 0 amide bonds. The molecule has 1 heterocycles. The summed E-state index contributed by atoms with van der Waals surface area (Å²) in [6.07, 6.45) is 3.48. The summed E-state index contributed by atoms with van der Waals surface area (Å²) in [6, 6.07) is -0.384. The third-order valence-electron chi connectivity index (χ3n) is 2.10. The molecule has 0 saturated heterocycles. The normalized spacial score (nSPS) is 12.2. The molecule has 0 radical (unpaired) electrons. The van der Waals surface area contributed by atoms with Gasteiger partial charge in [-0.2, -0.15) is 5.10 Å². The van der Waals surface area contributed by atoms with Gasteiger partial charge in [0.05, 0.1) is 32.1 Å². The van der Waals surface area contributed by atoms with E-state index in [1.165, 1.54) is 7.11 Å². The van der Waals surface area contributed by atoms with E-state index in [-0.39, 0.29) is 12.0 Å². The lowest BCUT2D eigenvalue weighted by molar-refractivity contribution is -0.141. The smallest absolute Gasteiger partial charge is 0.327 e. The van der Waals surface area contributed by atoms with Crippen LogP contribution in [0.5, 0.6) is 0 Å². The Morgan fingerprint density at radius 1 is 1.62 bits per heavy atom. The third kappa shape index (κ3) is 3.54. The quantitative estimate of drug-likeness (QED) is 0.717. The summed E-state index contributed by atoms with van der Waals surface area (Å²) in [5.41, 5.74) is 0.786. The number of carbonyl (C=O) groups excluding carboxylic acids is 1. The molecule has 6 heteroatoms. The molecule has 90 valence electrons. The van der Waals surface area contributed by atoms with Crippen LogP contribution >= 0.6 is 0 Å². The van der Waals surface area contributed by atoms with E-state index in [4.69, 9.17) is 4.74 Å². The van der Waals surface area contributed by atoms with Gasteiger partial charge >= 0.3 is 5.97 Å². The van der Waals surface area contributed by atoms with Crippen LogP contribution in [0.3, 0.4) is 0 Å². The molecule has 0 aliphatic carbocycles. The Morgan fingerprint density at radius 2 is 2.38 bits per heavy atom. The van der Waals surface area contributed by atoms with Gasteiger partial charge in [0.2, 0.25) is 0 Å². The summed E-state index contributed by atoms with van der Waals surface area (Å²) in [7, 11) is 3.00. The van der Waals surface area contributed by atoms with Crippen LogP contribution in [0.2, 0.25) is 0 Å². The summed E-state index contributed by atoms with van der Waals surface area (Å²) >= 11 is 0. The Kier molecular flexibility index (Phi) is 4.78. The first-order valence-electron chi connectivity index (χ1n) is 5.03. The SMILES string of the molecule is COCCn1cc(NC(C)C(=O)OC)cn1. The van der Waals surface area contributed by atoms with Crippen LogP contribution in [0.25, 0.3) is 0 Å². The molecule has 1 N–H and O–H groups in total. The second-order valence-corrected chi connectivity index (χ2v) is 3.37. The van der Waals surface area contributed by atoms with Gasteiger partial charge in [-0.3, -0.25) is 4.68 Å². The number of carbonyl (C=O) groups is 1. The Morgan fingerprint density at radius 3 is 3.00 bits per heavy atom. The van der Waals surface area contributed by atoms with Gasteiger partial charge in [-0.1, -0.05) is 0 Å². The molecule has 0 fully saturated rings. The minimum absolute atomic E-state index is 0.301. The zero-order chi connectivity index (χ0) is 12.0. The van der Waals surface area contributed by atoms with Crippen LogP contribution in [-0.4, -0.2) is 42.6 Å². The summed E-state index contributed by atoms with van der Waals surface area (Å²) < 4.78 is 11.3. The number of esters is 1. The molecular formula is C10H17N3O3. The van der Waals surface area contributed by atoms with Crippen molar-refractivity contribution in [3.63, 3.8) is 0 Å². The van der Waals surface area contributed by atoms with Crippen molar-refractivity contribution in [3.05, 3.63) is 12.4 Å². The summed E-state index contributed by atoms with van der Waals surface area (Å²) in [6.45, 7) is 3.02. The number of nitrogens with zero attached hydrogens (tertiary/aromatic N) is 2. The molecule has 1 atom stereocenters. The monoisotopic (exact) mass is 227 g/mol.